The Morgan fingerprint density at radius 1 is 0.943 bits per heavy atom. The Bertz CT molecular complexity index is 1650. The lowest BCUT2D eigenvalue weighted by molar-refractivity contribution is -0.235. The molecule has 5 aliphatic rings. The molecule has 294 valence electrons. The molecule has 9 atom stereocenters. The van der Waals surface area contributed by atoms with Crippen molar-refractivity contribution in [2.24, 2.45) is 56.2 Å². The number of carbonyl (C=O) groups is 3. The van der Waals surface area contributed by atoms with E-state index in [0.717, 1.165) is 62.5 Å². The number of hydrogen-bond acceptors (Lipinski definition) is 6. The summed E-state index contributed by atoms with van der Waals surface area (Å²) < 4.78 is 6.17. The number of aliphatic hydroxyl groups is 1. The van der Waals surface area contributed by atoms with Crippen LogP contribution in [0.1, 0.15) is 132 Å². The average molecular weight is 752 g/mol. The van der Waals surface area contributed by atoms with Crippen molar-refractivity contribution in [2.75, 3.05) is 13.6 Å². The number of allylic oxidation sites excluding steroid dienone is 1. The Balaban J connectivity index is 1.27. The lowest BCUT2D eigenvalue weighted by Gasteiger charge is -2.72. The van der Waals surface area contributed by atoms with Gasteiger partial charge in [0, 0.05) is 35.4 Å². The fraction of sp³-hybridized carbons (Fsp3) is 0.756. The van der Waals surface area contributed by atoms with E-state index in [1.54, 1.807) is 13.8 Å². The minimum atomic E-state index is -1.17. The number of rotatable bonds is 10. The van der Waals surface area contributed by atoms with E-state index in [1.807, 2.05) is 24.3 Å². The SMILES string of the molecule is CC(C)C1=C2[C@H]3CC[C@@H]4[C@@]5(C)CC[C@H](OC(=O)CC(C)(C)C(=O)O)C(C)(C)[C@@H]5CC[C@@]4(C)[C@]3(C)CCC2([C@@H](O)CN(C)Cc2ccc(Cl)cc2)CC1=O. The van der Waals surface area contributed by atoms with Gasteiger partial charge in [-0.25, -0.2) is 0 Å². The highest BCUT2D eigenvalue weighted by Gasteiger charge is 2.70. The predicted octanol–water partition coefficient (Wildman–Crippen LogP) is 9.53. The molecule has 0 aromatic heterocycles. The monoisotopic (exact) mass is 751 g/mol. The van der Waals surface area contributed by atoms with E-state index >= 15 is 0 Å². The number of ether oxygens (including phenoxy) is 1. The van der Waals surface area contributed by atoms with Gasteiger partial charge in [-0.1, -0.05) is 77.8 Å². The van der Waals surface area contributed by atoms with Crippen LogP contribution in [0.25, 0.3) is 0 Å². The van der Waals surface area contributed by atoms with Gasteiger partial charge in [0.1, 0.15) is 6.10 Å². The number of esters is 1. The molecule has 2 N–H and O–H groups in total. The van der Waals surface area contributed by atoms with Crippen molar-refractivity contribution in [3.05, 3.63) is 46.0 Å². The highest BCUT2D eigenvalue weighted by molar-refractivity contribution is 6.30. The number of nitrogens with zero attached hydrogens (tertiary/aromatic N) is 1. The highest BCUT2D eigenvalue weighted by atomic mass is 35.5. The first-order valence-electron chi connectivity index (χ1n) is 20.4. The smallest absolute Gasteiger partial charge is 0.309 e. The maximum atomic E-state index is 14.1. The molecule has 6 rings (SSSR count). The molecule has 1 aromatic carbocycles. The molecule has 0 amide bonds. The van der Waals surface area contributed by atoms with Gasteiger partial charge in [-0.3, -0.25) is 19.3 Å². The Morgan fingerprint density at radius 3 is 2.23 bits per heavy atom. The van der Waals surface area contributed by atoms with E-state index in [2.05, 4.69) is 60.4 Å². The number of aliphatic carboxylic acids is 1. The summed E-state index contributed by atoms with van der Waals surface area (Å²) >= 11 is 6.15. The maximum absolute atomic E-state index is 14.1. The van der Waals surface area contributed by atoms with Crippen LogP contribution in [0.4, 0.5) is 0 Å². The predicted molar refractivity (Wildman–Crippen MR) is 209 cm³/mol. The van der Waals surface area contributed by atoms with Crippen molar-refractivity contribution in [1.29, 1.82) is 0 Å². The molecule has 1 aromatic rings. The van der Waals surface area contributed by atoms with Gasteiger partial charge in [-0.05, 0) is 135 Å². The molecule has 0 saturated heterocycles. The van der Waals surface area contributed by atoms with Gasteiger partial charge in [0.25, 0.3) is 0 Å². The van der Waals surface area contributed by atoms with E-state index in [0.29, 0.717) is 36.4 Å². The first-order valence-corrected chi connectivity index (χ1v) is 20.7. The summed E-state index contributed by atoms with van der Waals surface area (Å²) in [4.78, 5) is 41.2. The first kappa shape index (κ1) is 40.4. The molecule has 0 radical (unpaired) electrons. The van der Waals surface area contributed by atoms with Gasteiger partial charge in [0.05, 0.1) is 17.9 Å². The number of likely N-dealkylation sites (N-methyl/N-ethyl adjacent to an activating group) is 1. The summed E-state index contributed by atoms with van der Waals surface area (Å²) in [7, 11) is 2.06. The highest BCUT2D eigenvalue weighted by Crippen LogP contribution is 2.77. The summed E-state index contributed by atoms with van der Waals surface area (Å²) in [6, 6.07) is 7.89. The van der Waals surface area contributed by atoms with Gasteiger partial charge >= 0.3 is 11.9 Å². The summed E-state index contributed by atoms with van der Waals surface area (Å²) in [5.74, 6) is 0.0429. The molecule has 7 nitrogen and oxygen atoms in total. The molecule has 0 aliphatic heterocycles. The fourth-order valence-electron chi connectivity index (χ4n) is 13.3. The maximum Gasteiger partial charge on any atom is 0.309 e. The second-order valence-corrected chi connectivity index (χ2v) is 20.8. The quantitative estimate of drug-likeness (QED) is 0.230. The van der Waals surface area contributed by atoms with E-state index < -0.39 is 28.9 Å². The van der Waals surface area contributed by atoms with Crippen molar-refractivity contribution in [3.63, 3.8) is 0 Å². The third-order valence-electron chi connectivity index (χ3n) is 16.4. The number of aliphatic hydroxyl groups excluding tert-OH is 1. The van der Waals surface area contributed by atoms with Crippen LogP contribution >= 0.6 is 11.6 Å². The summed E-state index contributed by atoms with van der Waals surface area (Å²) in [6.07, 6.45) is 7.21. The molecule has 0 spiro atoms. The number of carbonyl (C=O) groups excluding carboxylic acids is 2. The van der Waals surface area contributed by atoms with Gasteiger partial charge < -0.3 is 14.9 Å². The van der Waals surface area contributed by atoms with Crippen molar-refractivity contribution in [3.8, 4) is 0 Å². The second-order valence-electron chi connectivity index (χ2n) is 20.4. The zero-order valence-electron chi connectivity index (χ0n) is 34.1. The van der Waals surface area contributed by atoms with Crippen LogP contribution < -0.4 is 0 Å². The van der Waals surface area contributed by atoms with Crippen LogP contribution in [0.2, 0.25) is 5.02 Å². The van der Waals surface area contributed by atoms with Crippen molar-refractivity contribution in [1.82, 2.24) is 4.90 Å². The molecule has 53 heavy (non-hydrogen) atoms. The number of fused-ring (bicyclic) bond motifs is 7. The number of benzene rings is 1. The second kappa shape index (κ2) is 13.8. The molecule has 4 fully saturated rings. The summed E-state index contributed by atoms with van der Waals surface area (Å²) in [6.45, 7) is 20.9. The third kappa shape index (κ3) is 6.45. The summed E-state index contributed by atoms with van der Waals surface area (Å²) in [5, 5.41) is 22.7. The lowest BCUT2D eigenvalue weighted by atomic mass is 9.33. The lowest BCUT2D eigenvalue weighted by Crippen LogP contribution is -2.66. The van der Waals surface area contributed by atoms with Crippen LogP contribution in [-0.2, 0) is 25.7 Å². The minimum Gasteiger partial charge on any atom is -0.481 e. The Labute approximate surface area is 323 Å². The van der Waals surface area contributed by atoms with Crippen molar-refractivity contribution >= 4 is 29.3 Å². The Hall–Kier alpha value is -2.22. The Morgan fingerprint density at radius 2 is 1.60 bits per heavy atom. The number of Topliss-reactive ketones (excluding diaryl/α,β-unsaturated/α-hetero) is 1. The van der Waals surface area contributed by atoms with Gasteiger partial charge in [0.2, 0.25) is 0 Å². The third-order valence-corrected chi connectivity index (χ3v) is 16.6. The van der Waals surface area contributed by atoms with Crippen LogP contribution in [0.3, 0.4) is 0 Å². The topological polar surface area (TPSA) is 104 Å². The van der Waals surface area contributed by atoms with Crippen molar-refractivity contribution < 1.29 is 29.3 Å². The number of ketones is 1. The molecular weight excluding hydrogens is 686 g/mol. The van der Waals surface area contributed by atoms with Gasteiger partial charge in [-0.15, -0.1) is 0 Å². The zero-order valence-corrected chi connectivity index (χ0v) is 34.9. The van der Waals surface area contributed by atoms with Gasteiger partial charge in [0.15, 0.2) is 5.78 Å². The Kier molecular flexibility index (Phi) is 10.5. The molecular formula is C45H66ClNO6. The largest absolute Gasteiger partial charge is 0.481 e. The van der Waals surface area contributed by atoms with Gasteiger partial charge in [-0.2, -0.15) is 0 Å². The van der Waals surface area contributed by atoms with E-state index in [1.165, 1.54) is 5.57 Å². The first-order chi connectivity index (χ1) is 24.5. The molecule has 8 heteroatoms. The molecule has 0 bridgehead atoms. The molecule has 5 aliphatic carbocycles. The summed E-state index contributed by atoms with van der Waals surface area (Å²) in [5.41, 5.74) is 1.60. The minimum absolute atomic E-state index is 0.0156. The standard InChI is InChI=1S/C45H66ClNO6/c1-27(2)37-31(48)23-45(34(49)26-47(10)25-28-11-13-29(46)14-12-28)22-21-43(8)30(38(37)45)15-16-33-42(7)19-18-35(53-36(50)24-40(3,4)39(51)52)41(5,6)32(42)17-20-44(33,43)9/h11-14,27,30,32-35,49H,15-26H2,1-10H3,(H,51,52)/t30-,32+,33-,34+,35+,42+,43-,44-,45?/m1/s1. The number of carboxylic acid groups (broad SMARTS) is 1. The molecule has 1 unspecified atom stereocenters. The van der Waals surface area contributed by atoms with E-state index in [-0.39, 0.29) is 51.8 Å². The van der Waals surface area contributed by atoms with Crippen molar-refractivity contribution in [2.45, 2.75) is 145 Å². The molecule has 0 heterocycles. The van der Waals surface area contributed by atoms with Crippen LogP contribution in [-0.4, -0.2) is 58.6 Å². The van der Waals surface area contributed by atoms with E-state index in [4.69, 9.17) is 16.3 Å². The van der Waals surface area contributed by atoms with E-state index in [9.17, 15) is 24.6 Å². The fourth-order valence-corrected chi connectivity index (χ4v) is 13.5. The number of hydrogen-bond donors (Lipinski definition) is 2. The average Bonchev–Trinajstić information content (AvgIpc) is 3.37. The van der Waals surface area contributed by atoms with Crippen LogP contribution in [0, 0.1) is 56.2 Å². The number of halogens is 1. The van der Waals surface area contributed by atoms with Crippen LogP contribution in [0.15, 0.2) is 35.4 Å². The zero-order chi connectivity index (χ0) is 39.1. The number of carboxylic acids is 1. The molecule has 4 saturated carbocycles. The van der Waals surface area contributed by atoms with Crippen LogP contribution in [0.5, 0.6) is 0 Å². The normalized spacial score (nSPS) is 37.1.